The minimum Gasteiger partial charge on any atom is -0.384 e. The number of aryl methyl sites for hydroxylation is 1. The normalized spacial score (nSPS) is 13.8. The molecule has 0 aliphatic rings. The van der Waals surface area contributed by atoms with Gasteiger partial charge in [-0.3, -0.25) is 4.55 Å². The van der Waals surface area contributed by atoms with E-state index in [1.54, 1.807) is 13.2 Å². The first-order valence-corrected chi connectivity index (χ1v) is 6.37. The maximum atomic E-state index is 11.0. The van der Waals surface area contributed by atoms with E-state index in [9.17, 15) is 8.42 Å². The molecular weight excluding hydrogens is 228 g/mol. The van der Waals surface area contributed by atoms with Crippen molar-refractivity contribution in [2.75, 3.05) is 13.7 Å². The lowest BCUT2D eigenvalue weighted by molar-refractivity contribution is 0.184. The molecule has 0 aliphatic heterocycles. The third-order valence-corrected chi connectivity index (χ3v) is 3.35. The summed E-state index contributed by atoms with van der Waals surface area (Å²) in [5, 5.41) is 0. The van der Waals surface area contributed by atoms with Crippen molar-refractivity contribution in [2.45, 2.75) is 24.7 Å². The molecule has 0 saturated heterocycles. The van der Waals surface area contributed by atoms with E-state index in [-0.39, 0.29) is 10.8 Å². The first-order valence-electron chi connectivity index (χ1n) is 4.93. The van der Waals surface area contributed by atoms with Gasteiger partial charge in [-0.05, 0) is 30.2 Å². The predicted molar refractivity (Wildman–Crippen MR) is 61.3 cm³/mol. The monoisotopic (exact) mass is 244 g/mol. The van der Waals surface area contributed by atoms with Crippen molar-refractivity contribution in [1.82, 2.24) is 0 Å². The van der Waals surface area contributed by atoms with Crippen LogP contribution in [0.3, 0.4) is 0 Å². The Bertz CT molecular complexity index is 465. The highest BCUT2D eigenvalue weighted by Gasteiger charge is 2.14. The zero-order chi connectivity index (χ0) is 12.3. The molecule has 0 saturated carbocycles. The van der Waals surface area contributed by atoms with Crippen molar-refractivity contribution in [1.29, 1.82) is 0 Å². The van der Waals surface area contributed by atoms with Gasteiger partial charge in [0.1, 0.15) is 0 Å². The van der Waals surface area contributed by atoms with Crippen LogP contribution in [0.1, 0.15) is 24.0 Å². The van der Waals surface area contributed by atoms with Crippen molar-refractivity contribution in [2.24, 2.45) is 0 Å². The summed E-state index contributed by atoms with van der Waals surface area (Å²) in [4.78, 5) is -0.0731. The lowest BCUT2D eigenvalue weighted by Crippen LogP contribution is -2.06. The largest absolute Gasteiger partial charge is 0.384 e. The Kier molecular flexibility index (Phi) is 4.07. The summed E-state index contributed by atoms with van der Waals surface area (Å²) in [6.45, 7) is 4.35. The number of methoxy groups -OCH3 is 1. The number of hydrogen-bond acceptors (Lipinski definition) is 3. The average molecular weight is 244 g/mol. The summed E-state index contributed by atoms with van der Waals surface area (Å²) in [5.74, 6) is 0.0895. The fourth-order valence-corrected chi connectivity index (χ4v) is 2.17. The van der Waals surface area contributed by atoms with Crippen LogP contribution in [0.15, 0.2) is 23.1 Å². The molecule has 1 atom stereocenters. The standard InChI is InChI=1S/C11H16O4S/c1-8-4-5-10(16(12,13)14)6-11(8)9(2)7-15-3/h4-6,9H,7H2,1-3H3,(H,12,13,14). The highest BCUT2D eigenvalue weighted by molar-refractivity contribution is 7.85. The van der Waals surface area contributed by atoms with Gasteiger partial charge in [0.15, 0.2) is 0 Å². The topological polar surface area (TPSA) is 63.6 Å². The van der Waals surface area contributed by atoms with Crippen LogP contribution in [0, 0.1) is 6.92 Å². The van der Waals surface area contributed by atoms with E-state index >= 15 is 0 Å². The van der Waals surface area contributed by atoms with E-state index in [1.165, 1.54) is 12.1 Å². The van der Waals surface area contributed by atoms with E-state index < -0.39 is 10.1 Å². The van der Waals surface area contributed by atoms with Crippen LogP contribution < -0.4 is 0 Å². The molecule has 90 valence electrons. The molecule has 0 aliphatic carbocycles. The minimum atomic E-state index is -4.13. The SMILES string of the molecule is COCC(C)c1cc(S(=O)(=O)O)ccc1C. The third kappa shape index (κ3) is 3.04. The molecule has 16 heavy (non-hydrogen) atoms. The molecule has 1 aromatic carbocycles. The van der Waals surface area contributed by atoms with Gasteiger partial charge < -0.3 is 4.74 Å². The summed E-state index contributed by atoms with van der Waals surface area (Å²) >= 11 is 0. The first kappa shape index (κ1) is 13.2. The van der Waals surface area contributed by atoms with E-state index in [0.717, 1.165) is 11.1 Å². The fraction of sp³-hybridized carbons (Fsp3) is 0.455. The van der Waals surface area contributed by atoms with Crippen molar-refractivity contribution in [3.05, 3.63) is 29.3 Å². The van der Waals surface area contributed by atoms with Crippen molar-refractivity contribution >= 4 is 10.1 Å². The van der Waals surface area contributed by atoms with E-state index in [1.807, 2.05) is 13.8 Å². The molecule has 0 fully saturated rings. The molecular formula is C11H16O4S. The third-order valence-electron chi connectivity index (χ3n) is 2.50. The van der Waals surface area contributed by atoms with E-state index in [4.69, 9.17) is 9.29 Å². The first-order chi connectivity index (χ1) is 7.36. The van der Waals surface area contributed by atoms with Crippen LogP contribution >= 0.6 is 0 Å². The van der Waals surface area contributed by atoms with Crippen molar-refractivity contribution < 1.29 is 17.7 Å². The predicted octanol–water partition coefficient (Wildman–Crippen LogP) is 1.99. The van der Waals surface area contributed by atoms with Crippen LogP contribution in [0.2, 0.25) is 0 Å². The summed E-state index contributed by atoms with van der Waals surface area (Å²) in [5.41, 5.74) is 1.86. The molecule has 5 heteroatoms. The second-order valence-electron chi connectivity index (χ2n) is 3.85. The van der Waals surface area contributed by atoms with Gasteiger partial charge in [0.25, 0.3) is 10.1 Å². The number of hydrogen-bond donors (Lipinski definition) is 1. The summed E-state index contributed by atoms with van der Waals surface area (Å²) < 4.78 is 36.0. The van der Waals surface area contributed by atoms with E-state index in [0.29, 0.717) is 6.61 Å². The Morgan fingerprint density at radius 1 is 1.44 bits per heavy atom. The second kappa shape index (κ2) is 4.95. The molecule has 1 aromatic rings. The molecule has 1 N–H and O–H groups in total. The Morgan fingerprint density at radius 2 is 2.06 bits per heavy atom. The van der Waals surface area contributed by atoms with Gasteiger partial charge in [0.2, 0.25) is 0 Å². The van der Waals surface area contributed by atoms with Crippen LogP contribution in [0.4, 0.5) is 0 Å². The number of ether oxygens (including phenoxy) is 1. The Hall–Kier alpha value is -0.910. The molecule has 0 amide bonds. The highest BCUT2D eigenvalue weighted by atomic mass is 32.2. The second-order valence-corrected chi connectivity index (χ2v) is 5.27. The molecule has 1 rings (SSSR count). The molecule has 0 aromatic heterocycles. The average Bonchev–Trinajstić information content (AvgIpc) is 2.16. The van der Waals surface area contributed by atoms with Gasteiger partial charge in [-0.2, -0.15) is 8.42 Å². The van der Waals surface area contributed by atoms with E-state index in [2.05, 4.69) is 0 Å². The molecule has 0 bridgehead atoms. The molecule has 1 unspecified atom stereocenters. The quantitative estimate of drug-likeness (QED) is 0.823. The van der Waals surface area contributed by atoms with Crippen LogP contribution in [0.5, 0.6) is 0 Å². The summed E-state index contributed by atoms with van der Waals surface area (Å²) in [6, 6.07) is 4.58. The molecule has 0 spiro atoms. The lowest BCUT2D eigenvalue weighted by Gasteiger charge is -2.14. The molecule has 0 radical (unpaired) electrons. The van der Waals surface area contributed by atoms with Crippen molar-refractivity contribution in [3.8, 4) is 0 Å². The van der Waals surface area contributed by atoms with Crippen LogP contribution in [-0.4, -0.2) is 26.7 Å². The van der Waals surface area contributed by atoms with Crippen LogP contribution in [-0.2, 0) is 14.9 Å². The highest BCUT2D eigenvalue weighted by Crippen LogP contribution is 2.23. The lowest BCUT2D eigenvalue weighted by atomic mass is 9.97. The maximum Gasteiger partial charge on any atom is 0.294 e. The van der Waals surface area contributed by atoms with Gasteiger partial charge in [0, 0.05) is 13.0 Å². The van der Waals surface area contributed by atoms with Gasteiger partial charge in [0.05, 0.1) is 11.5 Å². The maximum absolute atomic E-state index is 11.0. The fourth-order valence-electron chi connectivity index (χ4n) is 1.65. The van der Waals surface area contributed by atoms with Crippen molar-refractivity contribution in [3.63, 3.8) is 0 Å². The Balaban J connectivity index is 3.19. The molecule has 0 heterocycles. The molecule has 4 nitrogen and oxygen atoms in total. The zero-order valence-corrected chi connectivity index (χ0v) is 10.4. The summed E-state index contributed by atoms with van der Waals surface area (Å²) in [6.07, 6.45) is 0. The summed E-state index contributed by atoms with van der Waals surface area (Å²) in [7, 11) is -2.54. The smallest absolute Gasteiger partial charge is 0.294 e. The Morgan fingerprint density at radius 3 is 2.56 bits per heavy atom. The van der Waals surface area contributed by atoms with Crippen LogP contribution in [0.25, 0.3) is 0 Å². The van der Waals surface area contributed by atoms with Gasteiger partial charge in [-0.15, -0.1) is 0 Å². The Labute approximate surface area is 96.0 Å². The number of rotatable bonds is 4. The minimum absolute atomic E-state index is 0.0731. The number of benzene rings is 1. The van der Waals surface area contributed by atoms with Gasteiger partial charge in [-0.1, -0.05) is 13.0 Å². The van der Waals surface area contributed by atoms with Gasteiger partial charge in [-0.25, -0.2) is 0 Å². The zero-order valence-electron chi connectivity index (χ0n) is 9.60. The van der Waals surface area contributed by atoms with Gasteiger partial charge >= 0.3 is 0 Å².